The van der Waals surface area contributed by atoms with Gasteiger partial charge in [-0.1, -0.05) is 47.6 Å². The molecular formula is C25H37FN2O6. The zero-order valence-corrected chi connectivity index (χ0v) is 21.0. The highest BCUT2D eigenvalue weighted by Crippen LogP contribution is 2.43. The lowest BCUT2D eigenvalue weighted by Gasteiger charge is -2.46. The van der Waals surface area contributed by atoms with Gasteiger partial charge in [0.2, 0.25) is 5.91 Å². The van der Waals surface area contributed by atoms with Crippen molar-refractivity contribution in [3.8, 4) is 0 Å². The molecule has 34 heavy (non-hydrogen) atoms. The zero-order valence-electron chi connectivity index (χ0n) is 21.0. The fourth-order valence-electron chi connectivity index (χ4n) is 4.48. The fraction of sp³-hybridized carbons (Fsp3) is 0.640. The van der Waals surface area contributed by atoms with Crippen molar-refractivity contribution in [3.05, 3.63) is 29.6 Å². The first-order chi connectivity index (χ1) is 15.6. The summed E-state index contributed by atoms with van der Waals surface area (Å²) < 4.78 is 19.1. The number of hydrogen-bond acceptors (Lipinski definition) is 5. The number of carbonyl (C=O) groups excluding carboxylic acids is 2. The maximum absolute atomic E-state index is 14.1. The molecule has 0 aliphatic carbocycles. The maximum atomic E-state index is 14.1. The first-order valence-electron chi connectivity index (χ1n) is 11.4. The highest BCUT2D eigenvalue weighted by Gasteiger charge is 2.45. The molecule has 1 aliphatic rings. The molecule has 1 aromatic carbocycles. The molecule has 0 spiro atoms. The van der Waals surface area contributed by atoms with Gasteiger partial charge < -0.3 is 25.2 Å². The first kappa shape index (κ1) is 27.6. The summed E-state index contributed by atoms with van der Waals surface area (Å²) in [6.07, 6.45) is -1.73. The number of methoxy groups -OCH3 is 1. The number of halogens is 1. The van der Waals surface area contributed by atoms with Crippen LogP contribution in [0.15, 0.2) is 18.2 Å². The van der Waals surface area contributed by atoms with E-state index in [4.69, 9.17) is 4.74 Å². The third kappa shape index (κ3) is 6.25. The molecule has 1 fully saturated rings. The quantitative estimate of drug-likeness (QED) is 0.537. The van der Waals surface area contributed by atoms with Gasteiger partial charge in [-0.25, -0.2) is 9.18 Å². The number of aliphatic hydroxyl groups is 1. The number of nitrogens with one attached hydrogen (secondary N) is 1. The molecule has 0 aromatic heterocycles. The van der Waals surface area contributed by atoms with Crippen LogP contribution in [0.4, 0.5) is 14.9 Å². The molecule has 4 atom stereocenters. The number of piperidine rings is 1. The Kier molecular flexibility index (Phi) is 8.35. The number of anilines is 1. The Hall–Kier alpha value is -2.68. The van der Waals surface area contributed by atoms with E-state index in [9.17, 15) is 29.0 Å². The van der Waals surface area contributed by atoms with E-state index >= 15 is 0 Å². The molecule has 2 amide bonds. The van der Waals surface area contributed by atoms with Crippen LogP contribution in [-0.4, -0.2) is 52.8 Å². The van der Waals surface area contributed by atoms with Crippen LogP contribution in [0.1, 0.15) is 66.1 Å². The van der Waals surface area contributed by atoms with Crippen LogP contribution >= 0.6 is 0 Å². The summed E-state index contributed by atoms with van der Waals surface area (Å²) in [6.45, 7) is 11.1. The fourth-order valence-corrected chi connectivity index (χ4v) is 4.48. The van der Waals surface area contributed by atoms with Crippen molar-refractivity contribution < 1.29 is 33.7 Å². The Labute approximate surface area is 200 Å². The van der Waals surface area contributed by atoms with E-state index in [1.807, 2.05) is 20.8 Å². The van der Waals surface area contributed by atoms with Gasteiger partial charge in [0.15, 0.2) is 0 Å². The molecule has 3 N–H and O–H groups in total. The second-order valence-corrected chi connectivity index (χ2v) is 11.1. The van der Waals surface area contributed by atoms with Gasteiger partial charge >= 0.3 is 12.1 Å². The molecular weight excluding hydrogens is 443 g/mol. The van der Waals surface area contributed by atoms with E-state index in [1.54, 1.807) is 20.8 Å². The summed E-state index contributed by atoms with van der Waals surface area (Å²) in [4.78, 5) is 38.6. The molecule has 9 heteroatoms. The Bertz CT molecular complexity index is 921. The Balaban J connectivity index is 2.46. The molecule has 0 bridgehead atoms. The summed E-state index contributed by atoms with van der Waals surface area (Å²) >= 11 is 0. The third-order valence-electron chi connectivity index (χ3n) is 6.47. The number of carboxylic acid groups (broad SMARTS) is 1. The molecule has 4 unspecified atom stereocenters. The summed E-state index contributed by atoms with van der Waals surface area (Å²) in [5, 5.41) is 23.7. The number of nitrogens with zero attached hydrogens (tertiary/aromatic N) is 1. The van der Waals surface area contributed by atoms with E-state index in [1.165, 1.54) is 18.1 Å². The maximum Gasteiger partial charge on any atom is 0.407 e. The van der Waals surface area contributed by atoms with Crippen molar-refractivity contribution in [3.63, 3.8) is 0 Å². The average Bonchev–Trinajstić information content (AvgIpc) is 2.72. The number of esters is 1. The summed E-state index contributed by atoms with van der Waals surface area (Å²) in [6, 6.07) is 3.24. The number of rotatable bonds is 5. The number of ether oxygens (including phenoxy) is 1. The predicted octanol–water partition coefficient (Wildman–Crippen LogP) is 4.44. The van der Waals surface area contributed by atoms with Crippen LogP contribution in [0.25, 0.3) is 0 Å². The molecule has 1 heterocycles. The number of benzene rings is 1. The second kappa shape index (κ2) is 10.3. The van der Waals surface area contributed by atoms with E-state index in [-0.39, 0.29) is 29.7 Å². The number of hydrogen-bond donors (Lipinski definition) is 3. The number of amides is 2. The number of aliphatic hydroxyl groups excluding tert-OH is 1. The molecule has 8 nitrogen and oxygen atoms in total. The van der Waals surface area contributed by atoms with Gasteiger partial charge in [0.1, 0.15) is 5.82 Å². The number of carbonyl (C=O) groups is 3. The van der Waals surface area contributed by atoms with Gasteiger partial charge in [-0.2, -0.15) is 0 Å². The van der Waals surface area contributed by atoms with E-state index in [2.05, 4.69) is 5.32 Å². The second-order valence-electron chi connectivity index (χ2n) is 11.1. The van der Waals surface area contributed by atoms with Gasteiger partial charge in [0.05, 0.1) is 19.1 Å². The summed E-state index contributed by atoms with van der Waals surface area (Å²) in [5.41, 5.74) is -0.886. The summed E-state index contributed by atoms with van der Waals surface area (Å²) in [5.74, 6) is -3.03. The lowest BCUT2D eigenvalue weighted by molar-refractivity contribution is -0.154. The van der Waals surface area contributed by atoms with Crippen molar-refractivity contribution in [2.45, 2.75) is 66.5 Å². The van der Waals surface area contributed by atoms with Crippen molar-refractivity contribution in [2.75, 3.05) is 19.0 Å². The molecule has 0 saturated carbocycles. The van der Waals surface area contributed by atoms with Crippen LogP contribution in [0.5, 0.6) is 0 Å². The largest absolute Gasteiger partial charge is 0.469 e. The van der Waals surface area contributed by atoms with Crippen LogP contribution in [0.2, 0.25) is 0 Å². The van der Waals surface area contributed by atoms with Crippen LogP contribution in [-0.2, 0) is 14.3 Å². The smallest absolute Gasteiger partial charge is 0.407 e. The Morgan fingerprint density at radius 3 is 2.29 bits per heavy atom. The predicted molar refractivity (Wildman–Crippen MR) is 126 cm³/mol. The molecule has 190 valence electrons. The molecule has 1 aliphatic heterocycles. The molecule has 0 radical (unpaired) electrons. The molecule has 1 aromatic rings. The molecule has 2 rings (SSSR count). The number of likely N-dealkylation sites (tertiary alicyclic amines) is 1. The van der Waals surface area contributed by atoms with E-state index in [0.717, 1.165) is 12.1 Å². The average molecular weight is 481 g/mol. The van der Waals surface area contributed by atoms with E-state index in [0.29, 0.717) is 12.8 Å². The normalized spacial score (nSPS) is 20.9. The van der Waals surface area contributed by atoms with Crippen LogP contribution in [0, 0.1) is 28.5 Å². The van der Waals surface area contributed by atoms with Gasteiger partial charge in [0.25, 0.3) is 0 Å². The Morgan fingerprint density at radius 1 is 1.18 bits per heavy atom. The summed E-state index contributed by atoms with van der Waals surface area (Å²) in [7, 11) is 1.22. The van der Waals surface area contributed by atoms with E-state index < -0.39 is 46.6 Å². The van der Waals surface area contributed by atoms with Gasteiger partial charge in [0, 0.05) is 29.3 Å². The topological polar surface area (TPSA) is 116 Å². The zero-order chi connectivity index (χ0) is 26.0. The van der Waals surface area contributed by atoms with Crippen molar-refractivity contribution >= 4 is 23.7 Å². The SMILES string of the molecule is COC(=O)C(C1CCN(C(=O)O)C(C(C)(C)C)C1)C(O)c1ccc(F)cc1NC(=O)C(C)(C)C. The van der Waals surface area contributed by atoms with Crippen LogP contribution in [0.3, 0.4) is 0 Å². The van der Waals surface area contributed by atoms with Crippen molar-refractivity contribution in [2.24, 2.45) is 22.7 Å². The molecule has 1 saturated heterocycles. The minimum Gasteiger partial charge on any atom is -0.469 e. The third-order valence-corrected chi connectivity index (χ3v) is 6.47. The lowest BCUT2D eigenvalue weighted by Crippen LogP contribution is -2.53. The first-order valence-corrected chi connectivity index (χ1v) is 11.4. The highest BCUT2D eigenvalue weighted by molar-refractivity contribution is 5.95. The highest BCUT2D eigenvalue weighted by atomic mass is 19.1. The van der Waals surface area contributed by atoms with Gasteiger partial charge in [-0.05, 0) is 36.3 Å². The minimum atomic E-state index is -1.40. The lowest BCUT2D eigenvalue weighted by atomic mass is 9.71. The minimum absolute atomic E-state index is 0.0803. The van der Waals surface area contributed by atoms with Crippen molar-refractivity contribution in [1.29, 1.82) is 0 Å². The monoisotopic (exact) mass is 480 g/mol. The van der Waals surface area contributed by atoms with Gasteiger partial charge in [-0.15, -0.1) is 0 Å². The van der Waals surface area contributed by atoms with Crippen LogP contribution < -0.4 is 5.32 Å². The van der Waals surface area contributed by atoms with Crippen molar-refractivity contribution in [1.82, 2.24) is 4.90 Å². The standard InChI is InChI=1S/C25H37FN2O6/c1-24(2,3)18-12-14(10-11-28(18)23(32)33)19(21(30)34-7)20(29)16-9-8-15(26)13-17(16)27-22(31)25(4,5)6/h8-9,13-14,18-20,29H,10-12H2,1-7H3,(H,27,31)(H,32,33). The van der Waals surface area contributed by atoms with Gasteiger partial charge in [-0.3, -0.25) is 9.59 Å². The Morgan fingerprint density at radius 2 is 1.79 bits per heavy atom.